The molecule has 70 heavy (non-hydrogen) atoms. The van der Waals surface area contributed by atoms with Crippen LogP contribution in [0.3, 0.4) is 0 Å². The van der Waals surface area contributed by atoms with E-state index < -0.39 is 77.7 Å². The van der Waals surface area contributed by atoms with Crippen molar-refractivity contribution in [2.75, 3.05) is 19.6 Å². The number of benzene rings is 3. The number of primary amides is 1. The molecule has 2 heterocycles. The number of carbonyl (C=O) groups excluding carboxylic acids is 7. The Bertz CT molecular complexity index is 2650. The number of para-hydroxylation sites is 2. The summed E-state index contributed by atoms with van der Waals surface area (Å²) < 4.78 is 0. The maximum absolute atomic E-state index is 14.3. The number of aromatic amines is 2. The Morgan fingerprint density at radius 3 is 1.79 bits per heavy atom. The second kappa shape index (κ2) is 26.8. The van der Waals surface area contributed by atoms with E-state index in [-0.39, 0.29) is 25.7 Å². The molecular weight excluding hydrogens is 891 g/mol. The molecule has 5 rings (SSSR count). The Labute approximate surface area is 407 Å². The van der Waals surface area contributed by atoms with Gasteiger partial charge in [-0.2, -0.15) is 0 Å². The van der Waals surface area contributed by atoms with Crippen LogP contribution in [0.5, 0.6) is 0 Å². The van der Waals surface area contributed by atoms with Crippen molar-refractivity contribution in [2.24, 2.45) is 17.2 Å². The van der Waals surface area contributed by atoms with Crippen LogP contribution >= 0.6 is 0 Å². The highest BCUT2D eigenvalue weighted by Crippen LogP contribution is 2.21. The van der Waals surface area contributed by atoms with Crippen LogP contribution in [0.15, 0.2) is 104 Å². The smallest absolute Gasteiger partial charge is 0.244 e. The highest BCUT2D eigenvalue weighted by molar-refractivity contribution is 5.97. The first-order valence-electron chi connectivity index (χ1n) is 23.4. The third kappa shape index (κ3) is 16.0. The molecule has 370 valence electrons. The zero-order valence-corrected chi connectivity index (χ0v) is 39.7. The maximum atomic E-state index is 14.3. The van der Waals surface area contributed by atoms with Gasteiger partial charge in [0, 0.05) is 60.0 Å². The Balaban J connectivity index is 1.33. The fourth-order valence-corrected chi connectivity index (χ4v) is 7.81. The topological polar surface area (TPSA) is 293 Å². The molecule has 13 N–H and O–H groups in total. The van der Waals surface area contributed by atoms with Gasteiger partial charge in [-0.1, -0.05) is 91.1 Å². The van der Waals surface area contributed by atoms with Crippen LogP contribution in [0, 0.1) is 11.8 Å². The number of aromatic nitrogens is 2. The molecule has 3 aromatic carbocycles. The lowest BCUT2D eigenvalue weighted by molar-refractivity contribution is -0.134. The Morgan fingerprint density at radius 1 is 0.671 bits per heavy atom. The van der Waals surface area contributed by atoms with Crippen LogP contribution < -0.4 is 43.8 Å². The SMILES string of the molecule is C=CCN(CC#CC[C@@H](NC(=O)[C@H](C)N)C(=O)N[C@H](Cc1c[nH]c2ccccc12)C(=O)N[C@@H](C)C(=O)N[C@@H](Cc1c[nH]c2ccccc12)C(=O)N[C@@H](C=O)Cc1ccccc1)CCCC[C@H](N)C(N)=O. The first-order chi connectivity index (χ1) is 33.7. The highest BCUT2D eigenvalue weighted by Gasteiger charge is 2.32. The van der Waals surface area contributed by atoms with Crippen molar-refractivity contribution in [3.8, 4) is 11.8 Å². The minimum absolute atomic E-state index is 0.0173. The van der Waals surface area contributed by atoms with Crippen molar-refractivity contribution in [1.82, 2.24) is 41.5 Å². The predicted octanol–water partition coefficient (Wildman–Crippen LogP) is 1.53. The van der Waals surface area contributed by atoms with E-state index in [9.17, 15) is 33.6 Å². The average Bonchev–Trinajstić information content (AvgIpc) is 3.96. The minimum Gasteiger partial charge on any atom is -0.368 e. The largest absolute Gasteiger partial charge is 0.368 e. The van der Waals surface area contributed by atoms with Crippen LogP contribution in [0.1, 0.15) is 56.2 Å². The maximum Gasteiger partial charge on any atom is 0.244 e. The molecule has 7 atom stereocenters. The van der Waals surface area contributed by atoms with Crippen LogP contribution in [-0.2, 0) is 52.8 Å². The third-order valence-electron chi connectivity index (χ3n) is 11.8. The molecule has 0 bridgehead atoms. The molecule has 6 amide bonds. The molecule has 18 heteroatoms. The fraction of sp³-hybridized carbons (Fsp3) is 0.365. The van der Waals surface area contributed by atoms with E-state index in [4.69, 9.17) is 17.2 Å². The Morgan fingerprint density at radius 2 is 1.21 bits per heavy atom. The number of nitrogens with zero attached hydrogens (tertiary/aromatic N) is 1. The molecule has 0 radical (unpaired) electrons. The van der Waals surface area contributed by atoms with E-state index in [1.165, 1.54) is 13.8 Å². The van der Waals surface area contributed by atoms with Gasteiger partial charge in [-0.3, -0.25) is 33.7 Å². The van der Waals surface area contributed by atoms with Gasteiger partial charge >= 0.3 is 0 Å². The summed E-state index contributed by atoms with van der Waals surface area (Å²) in [7, 11) is 0. The van der Waals surface area contributed by atoms with Crippen molar-refractivity contribution in [3.05, 3.63) is 121 Å². The number of aldehydes is 1. The molecule has 0 fully saturated rings. The van der Waals surface area contributed by atoms with Crippen molar-refractivity contribution in [3.63, 3.8) is 0 Å². The summed E-state index contributed by atoms with van der Waals surface area (Å²) in [5, 5.41) is 15.4. The van der Waals surface area contributed by atoms with E-state index in [0.29, 0.717) is 44.3 Å². The summed E-state index contributed by atoms with van der Waals surface area (Å²) in [5.41, 5.74) is 20.8. The monoisotopic (exact) mass is 956 g/mol. The second-order valence-corrected chi connectivity index (χ2v) is 17.4. The van der Waals surface area contributed by atoms with Crippen LogP contribution in [-0.4, -0.2) is 119 Å². The van der Waals surface area contributed by atoms with Gasteiger partial charge in [0.25, 0.3) is 0 Å². The van der Waals surface area contributed by atoms with Gasteiger partial charge in [-0.05, 0) is 68.5 Å². The number of fused-ring (bicyclic) bond motifs is 2. The van der Waals surface area contributed by atoms with Crippen molar-refractivity contribution in [1.29, 1.82) is 0 Å². The summed E-state index contributed by atoms with van der Waals surface area (Å²) >= 11 is 0. The van der Waals surface area contributed by atoms with Crippen molar-refractivity contribution < 1.29 is 33.6 Å². The summed E-state index contributed by atoms with van der Waals surface area (Å²) in [6.07, 6.45) is 7.86. The number of nitrogens with one attached hydrogen (secondary N) is 7. The lowest BCUT2D eigenvalue weighted by Gasteiger charge is -2.25. The summed E-state index contributed by atoms with van der Waals surface area (Å²) in [6.45, 7) is 8.21. The zero-order valence-electron chi connectivity index (χ0n) is 39.7. The number of hydrogen-bond acceptors (Lipinski definition) is 10. The number of H-pyrrole nitrogens is 2. The molecule has 0 saturated heterocycles. The van der Waals surface area contributed by atoms with Crippen molar-refractivity contribution >= 4 is 63.5 Å². The fourth-order valence-electron chi connectivity index (χ4n) is 7.81. The number of hydrogen-bond donors (Lipinski definition) is 10. The van der Waals surface area contributed by atoms with E-state index in [2.05, 4.69) is 55.0 Å². The number of carbonyl (C=O) groups is 7. The summed E-state index contributed by atoms with van der Waals surface area (Å²) in [5.74, 6) is 2.14. The first-order valence-corrected chi connectivity index (χ1v) is 23.4. The molecule has 0 aliphatic rings. The van der Waals surface area contributed by atoms with Crippen LogP contribution in [0.25, 0.3) is 21.8 Å². The van der Waals surface area contributed by atoms with Gasteiger partial charge in [0.05, 0.1) is 24.7 Å². The number of amides is 6. The molecular formula is C52H65N11O7. The standard InChI is InChI=1S/C52H65N11O7/c1-4-24-63(25-14-12-20-41(54)47(55)65)26-15-13-23-44(60-48(66)33(2)53)50(68)62-45(28-36-30-56-42-21-10-8-18-39(36)42)51(69)58-34(3)49(67)61-46(29-37-31-57-43-22-11-9-19-40(37)43)52(70)59-38(32-64)27-35-16-6-5-7-17-35/h4-11,16-19,21-22,30-34,38,41,44-46,56-57H,1,12,14,20,23-29,53-54H2,2-3H3,(H2,55,65)(H,58,69)(H,59,70)(H,60,66)(H,61,67)(H,62,68)/t33-,34-,38+,41-,44+,45+,46-/m0/s1. The zero-order chi connectivity index (χ0) is 50.6. The minimum atomic E-state index is -1.27. The van der Waals surface area contributed by atoms with E-state index in [1.54, 1.807) is 18.5 Å². The molecule has 0 spiro atoms. The van der Waals surface area contributed by atoms with E-state index in [0.717, 1.165) is 39.4 Å². The molecule has 2 aromatic heterocycles. The van der Waals surface area contributed by atoms with E-state index >= 15 is 0 Å². The molecule has 5 aromatic rings. The second-order valence-electron chi connectivity index (χ2n) is 17.4. The molecule has 0 unspecified atom stereocenters. The summed E-state index contributed by atoms with van der Waals surface area (Å²) in [6, 6.07) is 16.7. The normalized spacial score (nSPS) is 14.1. The lowest BCUT2D eigenvalue weighted by atomic mass is 10.0. The number of rotatable bonds is 27. The number of unbranched alkanes of at least 4 members (excludes halogenated alkanes) is 1. The van der Waals surface area contributed by atoms with Crippen LogP contribution in [0.2, 0.25) is 0 Å². The van der Waals surface area contributed by atoms with Crippen molar-refractivity contribution in [2.45, 2.75) is 101 Å². The molecule has 0 saturated carbocycles. The van der Waals surface area contributed by atoms with E-state index in [1.807, 2.05) is 83.8 Å². The molecule has 18 nitrogen and oxygen atoms in total. The van der Waals surface area contributed by atoms with Gasteiger partial charge in [0.1, 0.15) is 30.5 Å². The number of nitrogens with two attached hydrogens (primary N) is 3. The first kappa shape index (κ1) is 53.4. The van der Waals surface area contributed by atoms with Gasteiger partial charge < -0.3 is 58.5 Å². The molecule has 0 aliphatic carbocycles. The Hall–Kier alpha value is -7.59. The molecule has 0 aliphatic heterocycles. The predicted molar refractivity (Wildman–Crippen MR) is 269 cm³/mol. The van der Waals surface area contributed by atoms with Crippen LogP contribution in [0.4, 0.5) is 0 Å². The highest BCUT2D eigenvalue weighted by atomic mass is 16.2. The average molecular weight is 956 g/mol. The summed E-state index contributed by atoms with van der Waals surface area (Å²) in [4.78, 5) is 101. The third-order valence-corrected chi connectivity index (χ3v) is 11.8. The Kier molecular flexibility index (Phi) is 20.4. The van der Waals surface area contributed by atoms with Gasteiger partial charge in [0.15, 0.2) is 0 Å². The van der Waals surface area contributed by atoms with Gasteiger partial charge in [-0.25, -0.2) is 0 Å². The van der Waals surface area contributed by atoms with Gasteiger partial charge in [0.2, 0.25) is 35.4 Å². The quantitative estimate of drug-likeness (QED) is 0.0157. The van der Waals surface area contributed by atoms with Gasteiger partial charge in [-0.15, -0.1) is 6.58 Å². The lowest BCUT2D eigenvalue weighted by Crippen LogP contribution is -2.59.